The van der Waals surface area contributed by atoms with E-state index >= 15 is 0 Å². The zero-order valence-electron chi connectivity index (χ0n) is 8.47. The molecular weight excluding hydrogens is 192 g/mol. The van der Waals surface area contributed by atoms with Crippen LogP contribution < -0.4 is 4.90 Å². The van der Waals surface area contributed by atoms with Gasteiger partial charge in [0.25, 0.3) is 0 Å². The molecule has 15 heavy (non-hydrogen) atoms. The molecule has 0 aromatic heterocycles. The van der Waals surface area contributed by atoms with E-state index < -0.39 is 0 Å². The second-order valence-corrected chi connectivity index (χ2v) is 3.64. The summed E-state index contributed by atoms with van der Waals surface area (Å²) in [7, 11) is 0. The van der Waals surface area contributed by atoms with E-state index in [0.29, 0.717) is 0 Å². The van der Waals surface area contributed by atoms with Crippen LogP contribution in [0.5, 0.6) is 5.75 Å². The van der Waals surface area contributed by atoms with Gasteiger partial charge in [-0.3, -0.25) is 4.79 Å². The van der Waals surface area contributed by atoms with Crippen molar-refractivity contribution < 1.29 is 9.90 Å². The monoisotopic (exact) mass is 206 g/mol. The maximum Gasteiger partial charge on any atom is 0.209 e. The molecule has 0 aliphatic carbocycles. The molecule has 4 nitrogen and oxygen atoms in total. The molecule has 4 heteroatoms. The van der Waals surface area contributed by atoms with Gasteiger partial charge in [-0.15, -0.1) is 0 Å². The van der Waals surface area contributed by atoms with Crippen molar-refractivity contribution in [3.05, 3.63) is 24.3 Å². The maximum absolute atomic E-state index is 10.5. The zero-order chi connectivity index (χ0) is 10.7. The minimum absolute atomic E-state index is 0.283. The number of phenols is 1. The van der Waals surface area contributed by atoms with Crippen LogP contribution >= 0.6 is 0 Å². The summed E-state index contributed by atoms with van der Waals surface area (Å²) in [5.74, 6) is 0.283. The predicted molar refractivity (Wildman–Crippen MR) is 58.0 cm³/mol. The lowest BCUT2D eigenvalue weighted by Gasteiger charge is -2.34. The van der Waals surface area contributed by atoms with Crippen LogP contribution in [0.1, 0.15) is 0 Å². The van der Waals surface area contributed by atoms with Crippen molar-refractivity contribution in [2.45, 2.75) is 0 Å². The Morgan fingerprint density at radius 1 is 1.07 bits per heavy atom. The van der Waals surface area contributed by atoms with E-state index in [2.05, 4.69) is 4.90 Å². The van der Waals surface area contributed by atoms with Crippen LogP contribution in [0.15, 0.2) is 24.3 Å². The van der Waals surface area contributed by atoms with Crippen LogP contribution in [0.25, 0.3) is 0 Å². The number of amides is 1. The van der Waals surface area contributed by atoms with Crippen molar-refractivity contribution in [1.82, 2.24) is 4.90 Å². The highest BCUT2D eigenvalue weighted by Gasteiger charge is 2.15. The molecule has 0 saturated carbocycles. The van der Waals surface area contributed by atoms with E-state index in [1.165, 1.54) is 0 Å². The Bertz CT molecular complexity index is 329. The minimum Gasteiger partial charge on any atom is -0.508 e. The van der Waals surface area contributed by atoms with Gasteiger partial charge in [0.2, 0.25) is 6.41 Å². The first-order chi connectivity index (χ1) is 7.29. The number of hydrogen-bond acceptors (Lipinski definition) is 3. The Morgan fingerprint density at radius 3 is 2.20 bits per heavy atom. The molecule has 1 aliphatic rings. The molecule has 1 aromatic rings. The fraction of sp³-hybridized carbons (Fsp3) is 0.364. The summed E-state index contributed by atoms with van der Waals surface area (Å²) < 4.78 is 0. The van der Waals surface area contributed by atoms with E-state index in [1.807, 2.05) is 12.1 Å². The third-order valence-corrected chi connectivity index (χ3v) is 2.68. The summed E-state index contributed by atoms with van der Waals surface area (Å²) in [6.07, 6.45) is 0.897. The molecule has 1 N–H and O–H groups in total. The average Bonchev–Trinajstić information content (AvgIpc) is 2.30. The van der Waals surface area contributed by atoms with Gasteiger partial charge in [0.15, 0.2) is 0 Å². The van der Waals surface area contributed by atoms with Crippen LogP contribution in [0.4, 0.5) is 5.69 Å². The molecule has 0 radical (unpaired) electrons. The smallest absolute Gasteiger partial charge is 0.209 e. The largest absolute Gasteiger partial charge is 0.508 e. The molecule has 1 fully saturated rings. The Labute approximate surface area is 88.7 Å². The molecule has 1 aliphatic heterocycles. The number of carbonyl (C=O) groups is 1. The van der Waals surface area contributed by atoms with Gasteiger partial charge >= 0.3 is 0 Å². The molecule has 0 bridgehead atoms. The summed E-state index contributed by atoms with van der Waals surface area (Å²) in [6.45, 7) is 3.24. The zero-order valence-corrected chi connectivity index (χ0v) is 8.47. The van der Waals surface area contributed by atoms with Crippen LogP contribution in [0.2, 0.25) is 0 Å². The standard InChI is InChI=1S/C11H14N2O2/c14-9-12-5-7-13(8-6-12)10-1-3-11(15)4-2-10/h1-4,9,15H,5-8H2. The third-order valence-electron chi connectivity index (χ3n) is 2.68. The number of carbonyl (C=O) groups excluding carboxylic acids is 1. The molecule has 0 spiro atoms. The molecular formula is C11H14N2O2. The van der Waals surface area contributed by atoms with Crippen molar-refractivity contribution in [3.8, 4) is 5.75 Å². The summed E-state index contributed by atoms with van der Waals surface area (Å²) in [5.41, 5.74) is 1.10. The van der Waals surface area contributed by atoms with Crippen LogP contribution in [-0.2, 0) is 4.79 Å². The highest BCUT2D eigenvalue weighted by Crippen LogP contribution is 2.19. The number of benzene rings is 1. The van der Waals surface area contributed by atoms with Crippen molar-refractivity contribution in [2.75, 3.05) is 31.1 Å². The number of rotatable bonds is 2. The molecule has 1 saturated heterocycles. The number of phenolic OH excluding ortho intramolecular Hbond substituents is 1. The highest BCUT2D eigenvalue weighted by molar-refractivity contribution is 5.52. The van der Waals surface area contributed by atoms with Gasteiger partial charge in [0.05, 0.1) is 0 Å². The summed E-state index contributed by atoms with van der Waals surface area (Å²) in [4.78, 5) is 14.5. The molecule has 1 aromatic carbocycles. The van der Waals surface area contributed by atoms with Gasteiger partial charge in [-0.2, -0.15) is 0 Å². The minimum atomic E-state index is 0.283. The van der Waals surface area contributed by atoms with Crippen LogP contribution in [0, 0.1) is 0 Å². The Balaban J connectivity index is 2.01. The number of nitrogens with zero attached hydrogens (tertiary/aromatic N) is 2. The number of anilines is 1. The normalized spacial score (nSPS) is 16.5. The lowest BCUT2D eigenvalue weighted by atomic mass is 10.2. The topological polar surface area (TPSA) is 43.8 Å². The van der Waals surface area contributed by atoms with E-state index in [1.54, 1.807) is 17.0 Å². The van der Waals surface area contributed by atoms with Gasteiger partial charge in [-0.25, -0.2) is 0 Å². The molecule has 0 atom stereocenters. The second kappa shape index (κ2) is 4.21. The fourth-order valence-electron chi connectivity index (χ4n) is 1.75. The molecule has 1 amide bonds. The van der Waals surface area contributed by atoms with Crippen molar-refractivity contribution >= 4 is 12.1 Å². The van der Waals surface area contributed by atoms with Crippen molar-refractivity contribution in [1.29, 1.82) is 0 Å². The van der Waals surface area contributed by atoms with Gasteiger partial charge in [-0.1, -0.05) is 0 Å². The van der Waals surface area contributed by atoms with Gasteiger partial charge in [0, 0.05) is 31.9 Å². The number of hydrogen-bond donors (Lipinski definition) is 1. The first-order valence-corrected chi connectivity index (χ1v) is 5.03. The molecule has 80 valence electrons. The summed E-state index contributed by atoms with van der Waals surface area (Å²) in [5, 5.41) is 9.16. The Hall–Kier alpha value is -1.71. The van der Waals surface area contributed by atoms with Crippen molar-refractivity contribution in [2.24, 2.45) is 0 Å². The third kappa shape index (κ3) is 2.21. The lowest BCUT2D eigenvalue weighted by molar-refractivity contribution is -0.118. The molecule has 1 heterocycles. The quantitative estimate of drug-likeness (QED) is 0.723. The first-order valence-electron chi connectivity index (χ1n) is 5.03. The summed E-state index contributed by atoms with van der Waals surface area (Å²) >= 11 is 0. The highest BCUT2D eigenvalue weighted by atomic mass is 16.3. The van der Waals surface area contributed by atoms with Gasteiger partial charge in [0.1, 0.15) is 5.75 Å². The SMILES string of the molecule is O=CN1CCN(c2ccc(O)cc2)CC1. The average molecular weight is 206 g/mol. The van der Waals surface area contributed by atoms with Gasteiger partial charge < -0.3 is 14.9 Å². The number of aromatic hydroxyl groups is 1. The van der Waals surface area contributed by atoms with Crippen molar-refractivity contribution in [3.63, 3.8) is 0 Å². The Kier molecular flexibility index (Phi) is 2.76. The predicted octanol–water partition coefficient (Wildman–Crippen LogP) is 0.671. The van der Waals surface area contributed by atoms with E-state index in [0.717, 1.165) is 38.3 Å². The summed E-state index contributed by atoms with van der Waals surface area (Å²) in [6, 6.07) is 7.15. The Morgan fingerprint density at radius 2 is 1.67 bits per heavy atom. The van der Waals surface area contributed by atoms with Crippen LogP contribution in [0.3, 0.4) is 0 Å². The second-order valence-electron chi connectivity index (χ2n) is 3.64. The van der Waals surface area contributed by atoms with Crippen LogP contribution in [-0.4, -0.2) is 42.6 Å². The van der Waals surface area contributed by atoms with E-state index in [9.17, 15) is 4.79 Å². The number of piperazine rings is 1. The van der Waals surface area contributed by atoms with Gasteiger partial charge in [-0.05, 0) is 24.3 Å². The maximum atomic E-state index is 10.5. The van der Waals surface area contributed by atoms with E-state index in [4.69, 9.17) is 5.11 Å². The lowest BCUT2D eigenvalue weighted by Crippen LogP contribution is -2.45. The first kappa shape index (κ1) is 9.83. The van der Waals surface area contributed by atoms with E-state index in [-0.39, 0.29) is 5.75 Å². The fourth-order valence-corrected chi connectivity index (χ4v) is 1.75. The molecule has 0 unspecified atom stereocenters. The molecule has 2 rings (SSSR count).